The van der Waals surface area contributed by atoms with Crippen molar-refractivity contribution in [1.29, 1.82) is 5.26 Å². The van der Waals surface area contributed by atoms with Crippen LogP contribution in [0.1, 0.15) is 23.1 Å². The predicted molar refractivity (Wildman–Crippen MR) is 84.2 cm³/mol. The molecule has 0 fully saturated rings. The monoisotopic (exact) mass is 280 g/mol. The molecule has 21 heavy (non-hydrogen) atoms. The van der Waals surface area contributed by atoms with Gasteiger partial charge in [-0.2, -0.15) is 5.26 Å². The van der Waals surface area contributed by atoms with Gasteiger partial charge in [-0.25, -0.2) is 0 Å². The van der Waals surface area contributed by atoms with E-state index in [1.54, 1.807) is 0 Å². The zero-order valence-corrected chi connectivity index (χ0v) is 12.3. The topological polar surface area (TPSA) is 45.0 Å². The van der Waals surface area contributed by atoms with Crippen LogP contribution in [0.4, 0.5) is 0 Å². The summed E-state index contributed by atoms with van der Waals surface area (Å²) in [4.78, 5) is 0. The number of nitrogens with one attached hydrogen (secondary N) is 1. The van der Waals surface area contributed by atoms with E-state index in [4.69, 9.17) is 10.00 Å². The number of hydrogen-bond donors (Lipinski definition) is 1. The highest BCUT2D eigenvalue weighted by Crippen LogP contribution is 2.18. The largest absolute Gasteiger partial charge is 0.492 e. The maximum Gasteiger partial charge on any atom is 0.137 e. The summed E-state index contributed by atoms with van der Waals surface area (Å²) in [6, 6.07) is 18.2. The first-order chi connectivity index (χ1) is 10.3. The summed E-state index contributed by atoms with van der Waals surface area (Å²) in [7, 11) is 0. The van der Waals surface area contributed by atoms with Crippen LogP contribution in [0.3, 0.4) is 0 Å². The van der Waals surface area contributed by atoms with Crippen molar-refractivity contribution in [3.63, 3.8) is 0 Å². The van der Waals surface area contributed by atoms with E-state index in [0.29, 0.717) is 17.9 Å². The minimum absolute atomic E-state index is 0.604. The number of ether oxygens (including phenoxy) is 1. The minimum atomic E-state index is 0.604. The molecule has 0 saturated heterocycles. The fourth-order valence-electron chi connectivity index (χ4n) is 2.06. The van der Waals surface area contributed by atoms with Crippen molar-refractivity contribution >= 4 is 0 Å². The van der Waals surface area contributed by atoms with E-state index in [9.17, 15) is 0 Å². The van der Waals surface area contributed by atoms with Crippen LogP contribution < -0.4 is 10.1 Å². The summed E-state index contributed by atoms with van der Waals surface area (Å²) in [6.07, 6.45) is 0.908. The number of nitrogens with zero attached hydrogens (tertiary/aromatic N) is 1. The lowest BCUT2D eigenvalue weighted by Crippen LogP contribution is -2.17. The Balaban J connectivity index is 1.67. The van der Waals surface area contributed by atoms with Gasteiger partial charge in [-0.05, 0) is 43.1 Å². The number of rotatable bonds is 7. The van der Waals surface area contributed by atoms with E-state index in [-0.39, 0.29) is 0 Å². The average molecular weight is 280 g/mol. The number of hydrogen-bond acceptors (Lipinski definition) is 3. The Morgan fingerprint density at radius 3 is 2.71 bits per heavy atom. The van der Waals surface area contributed by atoms with E-state index >= 15 is 0 Å². The van der Waals surface area contributed by atoms with Crippen molar-refractivity contribution in [2.75, 3.05) is 13.2 Å². The molecular formula is C18H20N2O. The normalized spacial score (nSPS) is 10.1. The molecule has 3 nitrogen and oxygen atoms in total. The molecule has 0 spiro atoms. The molecular weight excluding hydrogens is 260 g/mol. The van der Waals surface area contributed by atoms with Gasteiger partial charge in [-0.3, -0.25) is 0 Å². The van der Waals surface area contributed by atoms with Crippen LogP contribution in [0.15, 0.2) is 48.5 Å². The van der Waals surface area contributed by atoms with Crippen molar-refractivity contribution in [3.05, 3.63) is 65.2 Å². The highest BCUT2D eigenvalue weighted by Gasteiger charge is 2.02. The smallest absolute Gasteiger partial charge is 0.137 e. The Bertz CT molecular complexity index is 602. The van der Waals surface area contributed by atoms with Gasteiger partial charge in [-0.15, -0.1) is 0 Å². The van der Waals surface area contributed by atoms with Crippen LogP contribution >= 0.6 is 0 Å². The van der Waals surface area contributed by atoms with Gasteiger partial charge in [0.2, 0.25) is 0 Å². The maximum atomic E-state index is 9.07. The lowest BCUT2D eigenvalue weighted by molar-refractivity contribution is 0.307. The second-order valence-corrected chi connectivity index (χ2v) is 4.98. The predicted octanol–water partition coefficient (Wildman–Crippen LogP) is 3.43. The average Bonchev–Trinajstić information content (AvgIpc) is 2.52. The Hall–Kier alpha value is -2.31. The maximum absolute atomic E-state index is 9.07. The molecule has 0 aliphatic heterocycles. The number of nitriles is 1. The second-order valence-electron chi connectivity index (χ2n) is 4.98. The quantitative estimate of drug-likeness (QED) is 0.790. The molecule has 0 aromatic heterocycles. The highest BCUT2D eigenvalue weighted by molar-refractivity contribution is 5.45. The Kier molecular flexibility index (Phi) is 5.81. The third kappa shape index (κ3) is 4.94. The molecule has 0 bridgehead atoms. The van der Waals surface area contributed by atoms with E-state index in [0.717, 1.165) is 25.1 Å². The standard InChI is InChI=1S/C18H20N2O/c1-15-8-9-18(17(12-15)13-19)21-11-5-10-20-14-16-6-3-2-4-7-16/h2-4,6-9,12,20H,5,10-11,14H2,1H3. The van der Waals surface area contributed by atoms with E-state index in [2.05, 4.69) is 23.5 Å². The fourth-order valence-corrected chi connectivity index (χ4v) is 2.06. The zero-order chi connectivity index (χ0) is 14.9. The first-order valence-corrected chi connectivity index (χ1v) is 7.18. The third-order valence-electron chi connectivity index (χ3n) is 3.18. The van der Waals surface area contributed by atoms with Crippen molar-refractivity contribution in [2.45, 2.75) is 19.9 Å². The molecule has 0 heterocycles. The summed E-state index contributed by atoms with van der Waals surface area (Å²) in [6.45, 7) is 4.34. The van der Waals surface area contributed by atoms with Gasteiger partial charge in [0.05, 0.1) is 12.2 Å². The first kappa shape index (κ1) is 15.1. The summed E-state index contributed by atoms with van der Waals surface area (Å²) in [5, 5.41) is 12.4. The molecule has 2 aromatic carbocycles. The first-order valence-electron chi connectivity index (χ1n) is 7.18. The van der Waals surface area contributed by atoms with E-state index in [1.807, 2.05) is 43.3 Å². The molecule has 0 amide bonds. The van der Waals surface area contributed by atoms with Crippen LogP contribution in [0.2, 0.25) is 0 Å². The number of benzene rings is 2. The third-order valence-corrected chi connectivity index (χ3v) is 3.18. The van der Waals surface area contributed by atoms with Crippen LogP contribution in [-0.2, 0) is 6.54 Å². The molecule has 0 atom stereocenters. The molecule has 2 aromatic rings. The van der Waals surface area contributed by atoms with Crippen molar-refractivity contribution in [1.82, 2.24) is 5.32 Å². The lowest BCUT2D eigenvalue weighted by Gasteiger charge is -2.09. The van der Waals surface area contributed by atoms with Crippen LogP contribution in [-0.4, -0.2) is 13.2 Å². The van der Waals surface area contributed by atoms with Gasteiger partial charge in [0, 0.05) is 6.54 Å². The van der Waals surface area contributed by atoms with Crippen molar-refractivity contribution in [2.24, 2.45) is 0 Å². The van der Waals surface area contributed by atoms with E-state index < -0.39 is 0 Å². The molecule has 0 unspecified atom stereocenters. The van der Waals surface area contributed by atoms with Crippen molar-refractivity contribution < 1.29 is 4.74 Å². The SMILES string of the molecule is Cc1ccc(OCCCNCc2ccccc2)c(C#N)c1. The molecule has 2 rings (SSSR count). The Morgan fingerprint density at radius 2 is 1.95 bits per heavy atom. The summed E-state index contributed by atoms with van der Waals surface area (Å²) < 4.78 is 5.67. The van der Waals surface area contributed by atoms with Crippen molar-refractivity contribution in [3.8, 4) is 11.8 Å². The Morgan fingerprint density at radius 1 is 1.14 bits per heavy atom. The van der Waals surface area contributed by atoms with Gasteiger partial charge in [0.1, 0.15) is 11.8 Å². The van der Waals surface area contributed by atoms with Gasteiger partial charge < -0.3 is 10.1 Å². The highest BCUT2D eigenvalue weighted by atomic mass is 16.5. The molecule has 3 heteroatoms. The van der Waals surface area contributed by atoms with Crippen LogP contribution in [0.5, 0.6) is 5.75 Å². The molecule has 1 N–H and O–H groups in total. The zero-order valence-electron chi connectivity index (χ0n) is 12.3. The summed E-state index contributed by atoms with van der Waals surface area (Å²) in [5.74, 6) is 0.672. The van der Waals surface area contributed by atoms with Gasteiger partial charge in [-0.1, -0.05) is 36.4 Å². The van der Waals surface area contributed by atoms with Gasteiger partial charge in [0.25, 0.3) is 0 Å². The van der Waals surface area contributed by atoms with Crippen LogP contribution in [0.25, 0.3) is 0 Å². The minimum Gasteiger partial charge on any atom is -0.492 e. The van der Waals surface area contributed by atoms with Gasteiger partial charge in [0.15, 0.2) is 0 Å². The van der Waals surface area contributed by atoms with Crippen LogP contribution in [0, 0.1) is 18.3 Å². The second kappa shape index (κ2) is 8.08. The lowest BCUT2D eigenvalue weighted by atomic mass is 10.1. The summed E-state index contributed by atoms with van der Waals surface area (Å²) >= 11 is 0. The summed E-state index contributed by atoms with van der Waals surface area (Å²) in [5.41, 5.74) is 2.96. The Labute approximate surface area is 126 Å². The van der Waals surface area contributed by atoms with Gasteiger partial charge >= 0.3 is 0 Å². The molecule has 0 saturated carbocycles. The molecule has 108 valence electrons. The fraction of sp³-hybridized carbons (Fsp3) is 0.278. The molecule has 0 aliphatic rings. The number of aryl methyl sites for hydroxylation is 1. The van der Waals surface area contributed by atoms with E-state index in [1.165, 1.54) is 5.56 Å². The molecule has 0 radical (unpaired) electrons. The molecule has 0 aliphatic carbocycles.